The molecule has 0 aromatic rings. The zero-order valence-electron chi connectivity index (χ0n) is 13.3. The van der Waals surface area contributed by atoms with Gasteiger partial charge in [-0.25, -0.2) is 0 Å². The second-order valence-corrected chi connectivity index (χ2v) is 7.80. The summed E-state index contributed by atoms with van der Waals surface area (Å²) in [6, 6.07) is 0.927. The molecule has 2 saturated carbocycles. The van der Waals surface area contributed by atoms with Crippen molar-refractivity contribution in [1.82, 2.24) is 4.90 Å². The molecule has 20 heavy (non-hydrogen) atoms. The molecule has 2 unspecified atom stereocenters. The summed E-state index contributed by atoms with van der Waals surface area (Å²) >= 11 is 0. The number of piperidine rings is 1. The van der Waals surface area contributed by atoms with Gasteiger partial charge in [-0.15, -0.1) is 0 Å². The van der Waals surface area contributed by atoms with E-state index in [-0.39, 0.29) is 0 Å². The first-order valence-electron chi connectivity index (χ1n) is 9.27. The SMILES string of the molecule is NCC1(CCN2CCCC3CCCCC32)CCCCC1. The molecule has 3 aliphatic rings. The van der Waals surface area contributed by atoms with E-state index in [9.17, 15) is 0 Å². The molecule has 1 aliphatic heterocycles. The molecule has 2 heteroatoms. The lowest BCUT2D eigenvalue weighted by Crippen LogP contribution is -2.48. The molecule has 2 N–H and O–H groups in total. The Morgan fingerprint density at radius 1 is 0.900 bits per heavy atom. The minimum Gasteiger partial charge on any atom is -0.330 e. The van der Waals surface area contributed by atoms with Crippen LogP contribution in [0.5, 0.6) is 0 Å². The Kier molecular flexibility index (Phi) is 5.04. The topological polar surface area (TPSA) is 29.3 Å². The Morgan fingerprint density at radius 2 is 1.65 bits per heavy atom. The summed E-state index contributed by atoms with van der Waals surface area (Å²) < 4.78 is 0. The average molecular weight is 278 g/mol. The van der Waals surface area contributed by atoms with Crippen molar-refractivity contribution in [3.05, 3.63) is 0 Å². The van der Waals surface area contributed by atoms with Gasteiger partial charge in [0, 0.05) is 6.04 Å². The maximum Gasteiger partial charge on any atom is 0.0123 e. The van der Waals surface area contributed by atoms with Gasteiger partial charge in [0.15, 0.2) is 0 Å². The van der Waals surface area contributed by atoms with Gasteiger partial charge in [-0.2, -0.15) is 0 Å². The van der Waals surface area contributed by atoms with Crippen LogP contribution in [0, 0.1) is 11.3 Å². The Bertz CT molecular complexity index is 294. The van der Waals surface area contributed by atoms with Gasteiger partial charge in [-0.3, -0.25) is 0 Å². The molecular formula is C18H34N2. The predicted molar refractivity (Wildman–Crippen MR) is 85.7 cm³/mol. The van der Waals surface area contributed by atoms with E-state index in [0.717, 1.165) is 18.5 Å². The molecule has 2 aliphatic carbocycles. The number of fused-ring (bicyclic) bond motifs is 1. The van der Waals surface area contributed by atoms with Gasteiger partial charge in [0.05, 0.1) is 0 Å². The van der Waals surface area contributed by atoms with Crippen LogP contribution in [0.2, 0.25) is 0 Å². The highest BCUT2D eigenvalue weighted by Crippen LogP contribution is 2.40. The van der Waals surface area contributed by atoms with Crippen LogP contribution >= 0.6 is 0 Å². The molecule has 0 amide bonds. The third-order valence-corrected chi connectivity index (χ3v) is 6.63. The molecule has 116 valence electrons. The van der Waals surface area contributed by atoms with E-state index in [1.165, 1.54) is 90.1 Å². The van der Waals surface area contributed by atoms with Crippen molar-refractivity contribution >= 4 is 0 Å². The van der Waals surface area contributed by atoms with E-state index in [2.05, 4.69) is 4.90 Å². The van der Waals surface area contributed by atoms with E-state index in [0.29, 0.717) is 5.41 Å². The van der Waals surface area contributed by atoms with Gasteiger partial charge >= 0.3 is 0 Å². The normalized spacial score (nSPS) is 34.6. The number of rotatable bonds is 4. The highest BCUT2D eigenvalue weighted by molar-refractivity contribution is 4.90. The third kappa shape index (κ3) is 3.22. The van der Waals surface area contributed by atoms with E-state index >= 15 is 0 Å². The molecule has 0 aromatic carbocycles. The summed E-state index contributed by atoms with van der Waals surface area (Å²) in [5.41, 5.74) is 6.67. The summed E-state index contributed by atoms with van der Waals surface area (Å²) in [5.74, 6) is 1.03. The highest BCUT2D eigenvalue weighted by Gasteiger charge is 2.35. The Labute approximate surface area is 125 Å². The van der Waals surface area contributed by atoms with Crippen molar-refractivity contribution in [2.45, 2.75) is 83.1 Å². The van der Waals surface area contributed by atoms with Crippen molar-refractivity contribution in [1.29, 1.82) is 0 Å². The number of hydrogen-bond donors (Lipinski definition) is 1. The maximum absolute atomic E-state index is 6.17. The monoisotopic (exact) mass is 278 g/mol. The van der Waals surface area contributed by atoms with E-state index in [1.54, 1.807) is 0 Å². The zero-order valence-corrected chi connectivity index (χ0v) is 13.3. The molecule has 2 nitrogen and oxygen atoms in total. The molecule has 1 heterocycles. The summed E-state index contributed by atoms with van der Waals surface area (Å²) in [4.78, 5) is 2.86. The van der Waals surface area contributed by atoms with Crippen molar-refractivity contribution in [2.75, 3.05) is 19.6 Å². The van der Waals surface area contributed by atoms with Crippen LogP contribution < -0.4 is 5.73 Å². The van der Waals surface area contributed by atoms with Crippen LogP contribution in [0.15, 0.2) is 0 Å². The Balaban J connectivity index is 1.56. The predicted octanol–water partition coefficient (Wildman–Crippen LogP) is 3.94. The van der Waals surface area contributed by atoms with Gasteiger partial charge in [-0.05, 0) is 75.9 Å². The molecule has 0 aromatic heterocycles. The molecule has 0 radical (unpaired) electrons. The molecule has 2 atom stereocenters. The van der Waals surface area contributed by atoms with Gasteiger partial charge in [0.25, 0.3) is 0 Å². The molecule has 0 spiro atoms. The largest absolute Gasteiger partial charge is 0.330 e. The zero-order chi connectivity index (χ0) is 13.8. The maximum atomic E-state index is 6.17. The average Bonchev–Trinajstić information content (AvgIpc) is 2.54. The van der Waals surface area contributed by atoms with Crippen LogP contribution in [-0.4, -0.2) is 30.6 Å². The summed E-state index contributed by atoms with van der Waals surface area (Å²) in [7, 11) is 0. The fourth-order valence-corrected chi connectivity index (χ4v) is 5.24. The summed E-state index contributed by atoms with van der Waals surface area (Å²) in [5, 5.41) is 0. The van der Waals surface area contributed by atoms with Gasteiger partial charge in [0.1, 0.15) is 0 Å². The van der Waals surface area contributed by atoms with Crippen LogP contribution in [0.1, 0.15) is 77.0 Å². The molecule has 3 rings (SSSR count). The number of nitrogens with zero attached hydrogens (tertiary/aromatic N) is 1. The lowest BCUT2D eigenvalue weighted by atomic mass is 9.71. The number of hydrogen-bond acceptors (Lipinski definition) is 2. The highest BCUT2D eigenvalue weighted by atomic mass is 15.2. The van der Waals surface area contributed by atoms with Crippen LogP contribution in [-0.2, 0) is 0 Å². The van der Waals surface area contributed by atoms with E-state index < -0.39 is 0 Å². The van der Waals surface area contributed by atoms with E-state index in [1.807, 2.05) is 0 Å². The fourth-order valence-electron chi connectivity index (χ4n) is 5.24. The molecular weight excluding hydrogens is 244 g/mol. The second-order valence-electron chi connectivity index (χ2n) is 7.80. The molecule has 1 saturated heterocycles. The van der Waals surface area contributed by atoms with Gasteiger partial charge < -0.3 is 10.6 Å². The summed E-state index contributed by atoms with van der Waals surface area (Å²) in [6.45, 7) is 3.62. The van der Waals surface area contributed by atoms with Crippen molar-refractivity contribution in [3.8, 4) is 0 Å². The minimum atomic E-state index is 0.500. The molecule has 3 fully saturated rings. The van der Waals surface area contributed by atoms with Gasteiger partial charge in [0.2, 0.25) is 0 Å². The number of likely N-dealkylation sites (tertiary alicyclic amines) is 1. The van der Waals surface area contributed by atoms with Crippen LogP contribution in [0.4, 0.5) is 0 Å². The third-order valence-electron chi connectivity index (χ3n) is 6.63. The number of nitrogens with two attached hydrogens (primary N) is 1. The van der Waals surface area contributed by atoms with Gasteiger partial charge in [-0.1, -0.05) is 32.1 Å². The first kappa shape index (κ1) is 14.8. The smallest absolute Gasteiger partial charge is 0.0123 e. The lowest BCUT2D eigenvalue weighted by Gasteiger charge is -2.46. The second kappa shape index (κ2) is 6.79. The minimum absolute atomic E-state index is 0.500. The van der Waals surface area contributed by atoms with Crippen molar-refractivity contribution in [3.63, 3.8) is 0 Å². The van der Waals surface area contributed by atoms with Crippen LogP contribution in [0.25, 0.3) is 0 Å². The van der Waals surface area contributed by atoms with E-state index in [4.69, 9.17) is 5.73 Å². The fraction of sp³-hybridized carbons (Fsp3) is 1.00. The van der Waals surface area contributed by atoms with Crippen molar-refractivity contribution < 1.29 is 0 Å². The molecule has 0 bridgehead atoms. The van der Waals surface area contributed by atoms with Crippen LogP contribution in [0.3, 0.4) is 0 Å². The van der Waals surface area contributed by atoms with Crippen molar-refractivity contribution in [2.24, 2.45) is 17.1 Å². The first-order valence-corrected chi connectivity index (χ1v) is 9.27. The standard InChI is InChI=1S/C18H34N2/c19-15-18(10-4-1-5-11-18)12-14-20-13-6-8-16-7-2-3-9-17(16)20/h16-17H,1-15,19H2. The Morgan fingerprint density at radius 3 is 2.45 bits per heavy atom. The first-order chi connectivity index (χ1) is 9.83. The summed E-state index contributed by atoms with van der Waals surface area (Å²) in [6.07, 6.45) is 17.3. The Hall–Kier alpha value is -0.0800. The lowest BCUT2D eigenvalue weighted by molar-refractivity contribution is 0.0429. The quantitative estimate of drug-likeness (QED) is 0.844.